The van der Waals surface area contributed by atoms with E-state index in [1.807, 2.05) is 73.9 Å². The van der Waals surface area contributed by atoms with Gasteiger partial charge in [-0.05, 0) is 42.5 Å². The Bertz CT molecular complexity index is 1330. The molecule has 1 aliphatic heterocycles. The minimum Gasteiger partial charge on any atom is -0.492 e. The van der Waals surface area contributed by atoms with Crippen molar-refractivity contribution in [3.8, 4) is 5.75 Å². The number of ether oxygens (including phenoxy) is 2. The van der Waals surface area contributed by atoms with Crippen LogP contribution in [0.1, 0.15) is 21.7 Å². The SMILES string of the molecule is Cn1cccc1C(=O)Nc1ccc(OCCN2CCOCC2)cc1C=Cc1n[nH]c2ccccc12. The van der Waals surface area contributed by atoms with Gasteiger partial charge in [-0.25, -0.2) is 0 Å². The van der Waals surface area contributed by atoms with E-state index < -0.39 is 0 Å². The van der Waals surface area contributed by atoms with Gasteiger partial charge in [0, 0.05) is 49.5 Å². The maximum Gasteiger partial charge on any atom is 0.272 e. The lowest BCUT2D eigenvalue weighted by atomic mass is 10.1. The number of carbonyl (C=O) groups is 1. The molecule has 4 aromatic rings. The van der Waals surface area contributed by atoms with Crippen molar-refractivity contribution in [2.45, 2.75) is 0 Å². The Morgan fingerprint density at radius 3 is 2.83 bits per heavy atom. The molecule has 0 saturated carbocycles. The zero-order valence-electron chi connectivity index (χ0n) is 19.7. The number of aromatic amines is 1. The average Bonchev–Trinajstić information content (AvgIpc) is 3.50. The van der Waals surface area contributed by atoms with Crippen molar-refractivity contribution in [3.05, 3.63) is 77.7 Å². The van der Waals surface area contributed by atoms with E-state index >= 15 is 0 Å². The number of hydrogen-bond acceptors (Lipinski definition) is 5. The summed E-state index contributed by atoms with van der Waals surface area (Å²) in [6.45, 7) is 4.83. The van der Waals surface area contributed by atoms with Gasteiger partial charge >= 0.3 is 0 Å². The predicted octanol–water partition coefficient (Wildman–Crippen LogP) is 4.04. The third-order valence-electron chi connectivity index (χ3n) is 6.15. The monoisotopic (exact) mass is 471 g/mol. The molecule has 8 nitrogen and oxygen atoms in total. The number of carbonyl (C=O) groups excluding carboxylic acids is 1. The quantitative estimate of drug-likeness (QED) is 0.405. The lowest BCUT2D eigenvalue weighted by Crippen LogP contribution is -2.38. The van der Waals surface area contributed by atoms with Crippen LogP contribution >= 0.6 is 0 Å². The van der Waals surface area contributed by atoms with Gasteiger partial charge in [0.2, 0.25) is 0 Å². The van der Waals surface area contributed by atoms with Crippen LogP contribution in [0.5, 0.6) is 5.75 Å². The molecule has 2 N–H and O–H groups in total. The fraction of sp³-hybridized carbons (Fsp3) is 0.259. The van der Waals surface area contributed by atoms with Crippen molar-refractivity contribution in [1.29, 1.82) is 0 Å². The summed E-state index contributed by atoms with van der Waals surface area (Å²) in [7, 11) is 1.85. The Hall–Kier alpha value is -3.88. The van der Waals surface area contributed by atoms with E-state index in [0.717, 1.165) is 60.8 Å². The molecule has 0 radical (unpaired) electrons. The van der Waals surface area contributed by atoms with Crippen LogP contribution in [0.15, 0.2) is 60.8 Å². The highest BCUT2D eigenvalue weighted by Crippen LogP contribution is 2.26. The molecule has 0 unspecified atom stereocenters. The Morgan fingerprint density at radius 2 is 2.00 bits per heavy atom. The molecule has 8 heteroatoms. The second kappa shape index (κ2) is 10.6. The summed E-state index contributed by atoms with van der Waals surface area (Å²) in [5, 5.41) is 11.6. The summed E-state index contributed by atoms with van der Waals surface area (Å²) in [5.74, 6) is 0.583. The van der Waals surface area contributed by atoms with E-state index in [4.69, 9.17) is 9.47 Å². The van der Waals surface area contributed by atoms with E-state index in [2.05, 4.69) is 20.4 Å². The predicted molar refractivity (Wildman–Crippen MR) is 138 cm³/mol. The Kier molecular flexibility index (Phi) is 6.92. The lowest BCUT2D eigenvalue weighted by molar-refractivity contribution is 0.0322. The van der Waals surface area contributed by atoms with Crippen LogP contribution in [0.25, 0.3) is 23.1 Å². The highest BCUT2D eigenvalue weighted by atomic mass is 16.5. The van der Waals surface area contributed by atoms with Crippen molar-refractivity contribution in [3.63, 3.8) is 0 Å². The van der Waals surface area contributed by atoms with Gasteiger partial charge in [0.1, 0.15) is 18.1 Å². The number of morpholine rings is 1. The zero-order valence-corrected chi connectivity index (χ0v) is 19.7. The first-order valence-electron chi connectivity index (χ1n) is 11.8. The van der Waals surface area contributed by atoms with Crippen LogP contribution in [0, 0.1) is 0 Å². The molecule has 0 atom stereocenters. The number of para-hydroxylation sites is 1. The summed E-state index contributed by atoms with van der Waals surface area (Å²) in [6, 6.07) is 17.4. The topological polar surface area (TPSA) is 84.4 Å². The van der Waals surface area contributed by atoms with Crippen molar-refractivity contribution >= 4 is 34.6 Å². The highest BCUT2D eigenvalue weighted by Gasteiger charge is 2.13. The number of anilines is 1. The van der Waals surface area contributed by atoms with E-state index in [9.17, 15) is 4.79 Å². The van der Waals surface area contributed by atoms with Gasteiger partial charge in [0.25, 0.3) is 5.91 Å². The van der Waals surface area contributed by atoms with E-state index in [1.165, 1.54) is 0 Å². The van der Waals surface area contributed by atoms with Gasteiger partial charge in [-0.2, -0.15) is 5.10 Å². The van der Waals surface area contributed by atoms with Crippen molar-refractivity contribution in [2.24, 2.45) is 7.05 Å². The number of nitrogens with zero attached hydrogens (tertiary/aromatic N) is 3. The fourth-order valence-electron chi connectivity index (χ4n) is 4.16. The van der Waals surface area contributed by atoms with Gasteiger partial charge < -0.3 is 19.4 Å². The van der Waals surface area contributed by atoms with Crippen molar-refractivity contribution in [1.82, 2.24) is 19.7 Å². The Balaban J connectivity index is 1.37. The lowest BCUT2D eigenvalue weighted by Gasteiger charge is -2.26. The normalized spacial score (nSPS) is 14.5. The maximum atomic E-state index is 12.9. The number of amides is 1. The molecule has 2 aromatic carbocycles. The molecular formula is C27H29N5O3. The smallest absolute Gasteiger partial charge is 0.272 e. The summed E-state index contributed by atoms with van der Waals surface area (Å²) in [4.78, 5) is 15.2. The molecule has 0 spiro atoms. The molecule has 0 aliphatic carbocycles. The number of fused-ring (bicyclic) bond motifs is 1. The van der Waals surface area contributed by atoms with E-state index in [0.29, 0.717) is 18.0 Å². The molecule has 0 bridgehead atoms. The largest absolute Gasteiger partial charge is 0.492 e. The molecule has 5 rings (SSSR count). The number of hydrogen-bond donors (Lipinski definition) is 2. The van der Waals surface area contributed by atoms with E-state index in [1.54, 1.807) is 10.6 Å². The molecular weight excluding hydrogens is 442 g/mol. The molecule has 2 aromatic heterocycles. The highest BCUT2D eigenvalue weighted by molar-refractivity contribution is 6.04. The van der Waals surface area contributed by atoms with Gasteiger partial charge in [0.05, 0.1) is 24.4 Å². The zero-order chi connectivity index (χ0) is 24.0. The first-order valence-corrected chi connectivity index (χ1v) is 11.8. The van der Waals surface area contributed by atoms with Crippen LogP contribution in [-0.2, 0) is 11.8 Å². The van der Waals surface area contributed by atoms with E-state index in [-0.39, 0.29) is 5.91 Å². The number of aryl methyl sites for hydroxylation is 1. The number of rotatable bonds is 8. The molecule has 1 aliphatic rings. The van der Waals surface area contributed by atoms with Crippen molar-refractivity contribution < 1.29 is 14.3 Å². The minimum atomic E-state index is -0.168. The van der Waals surface area contributed by atoms with Crippen LogP contribution in [0.4, 0.5) is 5.69 Å². The van der Waals surface area contributed by atoms with Crippen LogP contribution in [0.2, 0.25) is 0 Å². The summed E-state index contributed by atoms with van der Waals surface area (Å²) in [5.41, 5.74) is 3.93. The Morgan fingerprint density at radius 1 is 1.14 bits per heavy atom. The standard InChI is InChI=1S/C27H29N5O3/c1-31-12-4-7-26(31)27(33)28-23-11-9-21(35-18-15-32-13-16-34-17-14-32)19-20(23)8-10-25-22-5-2-3-6-24(22)29-30-25/h2-12,19H,13-18H2,1H3,(H,28,33)(H,29,30). The molecule has 1 amide bonds. The van der Waals surface area contributed by atoms with Crippen LogP contribution in [-0.4, -0.2) is 65.0 Å². The summed E-state index contributed by atoms with van der Waals surface area (Å²) < 4.78 is 13.3. The molecule has 1 fully saturated rings. The number of H-pyrrole nitrogens is 1. The third kappa shape index (κ3) is 5.45. The summed E-state index contributed by atoms with van der Waals surface area (Å²) in [6.07, 6.45) is 5.76. The number of aromatic nitrogens is 3. The second-order valence-electron chi connectivity index (χ2n) is 8.50. The van der Waals surface area contributed by atoms with Gasteiger partial charge in [-0.3, -0.25) is 14.8 Å². The number of nitrogens with one attached hydrogen (secondary N) is 2. The maximum absolute atomic E-state index is 12.9. The number of benzene rings is 2. The first kappa shape index (κ1) is 22.9. The third-order valence-corrected chi connectivity index (χ3v) is 6.15. The van der Waals surface area contributed by atoms with Gasteiger partial charge in [-0.1, -0.05) is 24.3 Å². The summed E-state index contributed by atoms with van der Waals surface area (Å²) >= 11 is 0. The molecule has 3 heterocycles. The van der Waals surface area contributed by atoms with Gasteiger partial charge in [0.15, 0.2) is 0 Å². The molecule has 180 valence electrons. The van der Waals surface area contributed by atoms with Crippen LogP contribution < -0.4 is 10.1 Å². The van der Waals surface area contributed by atoms with Gasteiger partial charge in [-0.15, -0.1) is 0 Å². The second-order valence-corrected chi connectivity index (χ2v) is 8.50. The fourth-order valence-corrected chi connectivity index (χ4v) is 4.16. The molecule has 1 saturated heterocycles. The Labute approximate surface area is 204 Å². The van der Waals surface area contributed by atoms with Crippen LogP contribution in [0.3, 0.4) is 0 Å². The molecule has 35 heavy (non-hydrogen) atoms. The average molecular weight is 472 g/mol. The minimum absolute atomic E-state index is 0.168. The van der Waals surface area contributed by atoms with Crippen molar-refractivity contribution in [2.75, 3.05) is 44.8 Å². The first-order chi connectivity index (χ1) is 17.2.